The van der Waals surface area contributed by atoms with Crippen molar-refractivity contribution in [1.29, 1.82) is 0 Å². The molecule has 0 atom stereocenters. The van der Waals surface area contributed by atoms with Crippen molar-refractivity contribution in [1.82, 2.24) is 19.1 Å². The number of imidazole rings is 2. The molecule has 7 heteroatoms. The number of nitrogens with zero attached hydrogens (tertiary/aromatic N) is 4. The molecule has 2 heterocycles. The van der Waals surface area contributed by atoms with Gasteiger partial charge in [0, 0.05) is 33.3 Å². The summed E-state index contributed by atoms with van der Waals surface area (Å²) < 4.78 is 9.41. The van der Waals surface area contributed by atoms with Crippen molar-refractivity contribution in [3.63, 3.8) is 0 Å². The molecule has 2 aromatic heterocycles. The van der Waals surface area contributed by atoms with Crippen molar-refractivity contribution in [2.75, 3.05) is 6.61 Å². The third kappa shape index (κ3) is 4.19. The highest BCUT2D eigenvalue weighted by atomic mass is 35.5. The summed E-state index contributed by atoms with van der Waals surface area (Å²) in [6.45, 7) is 8.23. The SMILES string of the molecule is C[Si](C)(C)CCOCn1cc(Cl)nc1-n1ccnc1. The average Bonchev–Trinajstić information content (AvgIpc) is 2.91. The van der Waals surface area contributed by atoms with Gasteiger partial charge in [0.05, 0.1) is 0 Å². The lowest BCUT2D eigenvalue weighted by Gasteiger charge is -2.16. The third-order valence-electron chi connectivity index (χ3n) is 2.69. The van der Waals surface area contributed by atoms with Crippen LogP contribution in [0.2, 0.25) is 30.8 Å². The maximum atomic E-state index is 5.95. The fourth-order valence-corrected chi connectivity index (χ4v) is 2.54. The first-order valence-electron chi connectivity index (χ1n) is 6.24. The van der Waals surface area contributed by atoms with Crippen molar-refractivity contribution in [3.8, 4) is 5.95 Å². The summed E-state index contributed by atoms with van der Waals surface area (Å²) in [4.78, 5) is 8.27. The average molecular weight is 299 g/mol. The molecule has 104 valence electrons. The number of ether oxygens (including phenoxy) is 1. The van der Waals surface area contributed by atoms with Gasteiger partial charge in [0.15, 0.2) is 0 Å². The Labute approximate surface area is 119 Å². The molecule has 0 aliphatic heterocycles. The van der Waals surface area contributed by atoms with Crippen molar-refractivity contribution in [2.24, 2.45) is 0 Å². The molecule has 0 aliphatic carbocycles. The molecule has 0 fully saturated rings. The van der Waals surface area contributed by atoms with Gasteiger partial charge >= 0.3 is 0 Å². The minimum atomic E-state index is -1.05. The van der Waals surface area contributed by atoms with E-state index in [-0.39, 0.29) is 0 Å². The van der Waals surface area contributed by atoms with Gasteiger partial charge in [-0.3, -0.25) is 9.13 Å². The Morgan fingerprint density at radius 1 is 1.37 bits per heavy atom. The van der Waals surface area contributed by atoms with Crippen LogP contribution in [0.1, 0.15) is 0 Å². The quantitative estimate of drug-likeness (QED) is 0.608. The highest BCUT2D eigenvalue weighted by Gasteiger charge is 2.13. The standard InChI is InChI=1S/C12H19ClN4OSi/c1-19(2,3)7-6-18-10-17-8-11(13)15-12(17)16-5-4-14-9-16/h4-5,8-9H,6-7,10H2,1-3H3. The van der Waals surface area contributed by atoms with Gasteiger partial charge in [0.25, 0.3) is 0 Å². The summed E-state index contributed by atoms with van der Waals surface area (Å²) in [5, 5.41) is 0.456. The van der Waals surface area contributed by atoms with Crippen molar-refractivity contribution in [3.05, 3.63) is 30.1 Å². The fourth-order valence-electron chi connectivity index (χ4n) is 1.59. The summed E-state index contributed by atoms with van der Waals surface area (Å²) >= 11 is 5.95. The highest BCUT2D eigenvalue weighted by Crippen LogP contribution is 2.14. The molecule has 19 heavy (non-hydrogen) atoms. The zero-order valence-corrected chi connectivity index (χ0v) is 13.3. The predicted octanol–water partition coefficient (Wildman–Crippen LogP) is 3.03. The van der Waals surface area contributed by atoms with Crippen LogP contribution in [0, 0.1) is 0 Å². The Hall–Kier alpha value is -1.11. The molecule has 0 amide bonds. The van der Waals surface area contributed by atoms with E-state index in [4.69, 9.17) is 16.3 Å². The predicted molar refractivity (Wildman–Crippen MR) is 78.5 cm³/mol. The van der Waals surface area contributed by atoms with Crippen LogP contribution in [0.4, 0.5) is 0 Å². The third-order valence-corrected chi connectivity index (χ3v) is 4.57. The van der Waals surface area contributed by atoms with Crippen molar-refractivity contribution >= 4 is 19.7 Å². The van der Waals surface area contributed by atoms with Crippen LogP contribution >= 0.6 is 11.6 Å². The first-order valence-corrected chi connectivity index (χ1v) is 10.3. The number of rotatable bonds is 6. The second-order valence-electron chi connectivity index (χ2n) is 5.65. The van der Waals surface area contributed by atoms with E-state index in [0.29, 0.717) is 11.9 Å². The summed E-state index contributed by atoms with van der Waals surface area (Å²) in [5.74, 6) is 0.718. The van der Waals surface area contributed by atoms with Crippen LogP contribution in [0.25, 0.3) is 5.95 Å². The maximum absolute atomic E-state index is 5.95. The minimum Gasteiger partial charge on any atom is -0.361 e. The van der Waals surface area contributed by atoms with Gasteiger partial charge in [-0.25, -0.2) is 9.97 Å². The molecule has 0 saturated carbocycles. The van der Waals surface area contributed by atoms with Crippen LogP contribution in [0.15, 0.2) is 24.9 Å². The van der Waals surface area contributed by atoms with Crippen LogP contribution in [-0.2, 0) is 11.5 Å². The minimum absolute atomic E-state index is 0.456. The summed E-state index contributed by atoms with van der Waals surface area (Å²) in [6, 6.07) is 1.15. The Kier molecular flexibility index (Phi) is 4.44. The van der Waals surface area contributed by atoms with Crippen LogP contribution in [-0.4, -0.2) is 33.8 Å². The van der Waals surface area contributed by atoms with Crippen molar-refractivity contribution < 1.29 is 4.74 Å². The monoisotopic (exact) mass is 298 g/mol. The summed E-state index contributed by atoms with van der Waals surface area (Å²) in [7, 11) is -1.05. The Morgan fingerprint density at radius 2 is 2.16 bits per heavy atom. The maximum Gasteiger partial charge on any atom is 0.218 e. The lowest BCUT2D eigenvalue weighted by Crippen LogP contribution is -2.22. The van der Waals surface area contributed by atoms with Gasteiger partial charge in [-0.1, -0.05) is 31.2 Å². The molecule has 2 rings (SSSR count). The van der Waals surface area contributed by atoms with Crippen LogP contribution in [0.3, 0.4) is 0 Å². The van der Waals surface area contributed by atoms with E-state index in [9.17, 15) is 0 Å². The molecular formula is C12H19ClN4OSi. The van der Waals surface area contributed by atoms with E-state index < -0.39 is 8.07 Å². The van der Waals surface area contributed by atoms with Gasteiger partial charge in [-0.05, 0) is 6.04 Å². The van der Waals surface area contributed by atoms with Gasteiger partial charge < -0.3 is 4.74 Å². The number of hydrogen-bond donors (Lipinski definition) is 0. The molecule has 0 aliphatic rings. The molecule has 0 saturated heterocycles. The Morgan fingerprint density at radius 3 is 2.79 bits per heavy atom. The highest BCUT2D eigenvalue weighted by molar-refractivity contribution is 6.76. The molecule has 5 nitrogen and oxygen atoms in total. The number of hydrogen-bond acceptors (Lipinski definition) is 3. The Balaban J connectivity index is 1.97. The molecule has 0 bridgehead atoms. The van der Waals surface area contributed by atoms with Crippen LogP contribution < -0.4 is 0 Å². The molecule has 0 N–H and O–H groups in total. The van der Waals surface area contributed by atoms with Crippen molar-refractivity contribution in [2.45, 2.75) is 32.4 Å². The van der Waals surface area contributed by atoms with Gasteiger partial charge in [-0.2, -0.15) is 0 Å². The topological polar surface area (TPSA) is 44.9 Å². The molecule has 0 spiro atoms. The van der Waals surface area contributed by atoms with E-state index in [0.717, 1.165) is 18.6 Å². The van der Waals surface area contributed by atoms with Gasteiger partial charge in [0.2, 0.25) is 5.95 Å². The van der Waals surface area contributed by atoms with E-state index in [1.165, 1.54) is 0 Å². The van der Waals surface area contributed by atoms with Gasteiger partial charge in [0.1, 0.15) is 18.2 Å². The van der Waals surface area contributed by atoms with E-state index in [1.54, 1.807) is 18.7 Å². The first-order chi connectivity index (χ1) is 8.96. The van der Waals surface area contributed by atoms with E-state index >= 15 is 0 Å². The fraction of sp³-hybridized carbons (Fsp3) is 0.500. The number of aromatic nitrogens is 4. The second kappa shape index (κ2) is 5.90. The first kappa shape index (κ1) is 14.3. The Bertz CT molecular complexity index is 518. The zero-order valence-electron chi connectivity index (χ0n) is 11.5. The van der Waals surface area contributed by atoms with Crippen LogP contribution in [0.5, 0.6) is 0 Å². The van der Waals surface area contributed by atoms with Gasteiger partial charge in [-0.15, -0.1) is 0 Å². The molecule has 0 aromatic carbocycles. The van der Waals surface area contributed by atoms with E-state index in [1.807, 2.05) is 15.3 Å². The normalized spacial score (nSPS) is 12.0. The molecule has 0 radical (unpaired) electrons. The molecule has 2 aromatic rings. The lowest BCUT2D eigenvalue weighted by atomic mass is 10.8. The smallest absolute Gasteiger partial charge is 0.218 e. The summed E-state index contributed by atoms with van der Waals surface area (Å²) in [5.41, 5.74) is 0. The lowest BCUT2D eigenvalue weighted by molar-refractivity contribution is 0.0869. The number of halogens is 1. The molecule has 0 unspecified atom stereocenters. The largest absolute Gasteiger partial charge is 0.361 e. The van der Waals surface area contributed by atoms with E-state index in [2.05, 4.69) is 29.6 Å². The zero-order chi connectivity index (χ0) is 13.9. The second-order valence-corrected chi connectivity index (χ2v) is 11.7. The summed E-state index contributed by atoms with van der Waals surface area (Å²) in [6.07, 6.45) is 7.00. The molecular weight excluding hydrogens is 280 g/mol.